The molecule has 0 amide bonds. The monoisotopic (exact) mass is 245 g/mol. The highest BCUT2D eigenvalue weighted by molar-refractivity contribution is 5.35. The first-order valence-corrected chi connectivity index (χ1v) is 7.37. The zero-order chi connectivity index (χ0) is 13.2. The molecule has 0 aliphatic heterocycles. The summed E-state index contributed by atoms with van der Waals surface area (Å²) in [5, 5.41) is 3.52. The lowest BCUT2D eigenvalue weighted by atomic mass is 9.77. The minimum absolute atomic E-state index is 0.303. The van der Waals surface area contributed by atoms with Crippen LogP contribution in [-0.2, 0) is 12.8 Å². The second-order valence-electron chi connectivity index (χ2n) is 6.30. The van der Waals surface area contributed by atoms with Crippen LogP contribution in [0.5, 0.6) is 0 Å². The lowest BCUT2D eigenvalue weighted by molar-refractivity contribution is 0.245. The van der Waals surface area contributed by atoms with Crippen molar-refractivity contribution in [1.29, 1.82) is 0 Å². The van der Waals surface area contributed by atoms with Gasteiger partial charge in [-0.3, -0.25) is 0 Å². The molecule has 0 bridgehead atoms. The van der Waals surface area contributed by atoms with Crippen molar-refractivity contribution in [2.24, 2.45) is 5.41 Å². The van der Waals surface area contributed by atoms with Crippen molar-refractivity contribution in [2.75, 3.05) is 7.05 Å². The summed E-state index contributed by atoms with van der Waals surface area (Å²) in [5.74, 6) is 0. The van der Waals surface area contributed by atoms with Crippen LogP contribution in [0.1, 0.15) is 62.8 Å². The van der Waals surface area contributed by atoms with E-state index >= 15 is 0 Å². The zero-order valence-electron chi connectivity index (χ0n) is 12.3. The molecule has 18 heavy (non-hydrogen) atoms. The quantitative estimate of drug-likeness (QED) is 0.835. The predicted octanol–water partition coefficient (Wildman–Crippen LogP) is 4.26. The van der Waals surface area contributed by atoms with Crippen molar-refractivity contribution in [3.05, 3.63) is 34.9 Å². The summed E-state index contributed by atoms with van der Waals surface area (Å²) >= 11 is 0. The van der Waals surface area contributed by atoms with Crippen molar-refractivity contribution in [3.63, 3.8) is 0 Å². The van der Waals surface area contributed by atoms with Crippen LogP contribution in [0.3, 0.4) is 0 Å². The van der Waals surface area contributed by atoms with Crippen LogP contribution in [0.2, 0.25) is 0 Å². The van der Waals surface area contributed by atoms with E-state index in [1.54, 1.807) is 11.1 Å². The third-order valence-corrected chi connectivity index (χ3v) is 4.69. The van der Waals surface area contributed by atoms with Gasteiger partial charge in [0.2, 0.25) is 0 Å². The molecule has 0 spiro atoms. The number of hydrogen-bond acceptors (Lipinski definition) is 1. The standard InChI is InChI=1S/C17H27N/c1-5-17(2,3)16(18-4)15-11-10-13-8-6-7-9-14(13)12-15/h10-12,16,18H,5-9H2,1-4H3. The van der Waals surface area contributed by atoms with E-state index in [2.05, 4.69) is 51.3 Å². The van der Waals surface area contributed by atoms with Gasteiger partial charge in [-0.2, -0.15) is 0 Å². The van der Waals surface area contributed by atoms with Gasteiger partial charge in [-0.15, -0.1) is 0 Å². The summed E-state index contributed by atoms with van der Waals surface area (Å²) in [6.45, 7) is 6.99. The van der Waals surface area contributed by atoms with Crippen LogP contribution in [0.25, 0.3) is 0 Å². The van der Waals surface area contributed by atoms with Crippen LogP contribution in [0.4, 0.5) is 0 Å². The lowest BCUT2D eigenvalue weighted by Gasteiger charge is -2.34. The second-order valence-corrected chi connectivity index (χ2v) is 6.30. The van der Waals surface area contributed by atoms with Gasteiger partial charge < -0.3 is 5.32 Å². The third-order valence-electron chi connectivity index (χ3n) is 4.69. The summed E-state index contributed by atoms with van der Waals surface area (Å²) in [6.07, 6.45) is 6.46. The van der Waals surface area contributed by atoms with Crippen molar-refractivity contribution in [2.45, 2.75) is 58.9 Å². The minimum atomic E-state index is 0.303. The number of aryl methyl sites for hydroxylation is 2. The maximum atomic E-state index is 3.52. The maximum Gasteiger partial charge on any atom is 0.0369 e. The van der Waals surface area contributed by atoms with E-state index in [0.717, 1.165) is 0 Å². The van der Waals surface area contributed by atoms with E-state index in [4.69, 9.17) is 0 Å². The Morgan fingerprint density at radius 1 is 1.17 bits per heavy atom. The van der Waals surface area contributed by atoms with E-state index < -0.39 is 0 Å². The minimum Gasteiger partial charge on any atom is -0.313 e. The van der Waals surface area contributed by atoms with E-state index in [9.17, 15) is 0 Å². The Balaban J connectivity index is 2.32. The molecule has 1 N–H and O–H groups in total. The molecule has 0 aromatic heterocycles. The largest absolute Gasteiger partial charge is 0.313 e. The van der Waals surface area contributed by atoms with Crippen molar-refractivity contribution in [1.82, 2.24) is 5.32 Å². The highest BCUT2D eigenvalue weighted by atomic mass is 14.9. The van der Waals surface area contributed by atoms with Gasteiger partial charge in [0.1, 0.15) is 0 Å². The van der Waals surface area contributed by atoms with Gasteiger partial charge in [0.05, 0.1) is 0 Å². The molecule has 1 aromatic carbocycles. The molecule has 0 saturated heterocycles. The summed E-state index contributed by atoms with van der Waals surface area (Å²) in [4.78, 5) is 0. The van der Waals surface area contributed by atoms with Gasteiger partial charge in [-0.25, -0.2) is 0 Å². The average Bonchev–Trinajstić information content (AvgIpc) is 2.39. The molecule has 100 valence electrons. The van der Waals surface area contributed by atoms with Gasteiger partial charge in [-0.05, 0) is 61.3 Å². The Hall–Kier alpha value is -0.820. The van der Waals surface area contributed by atoms with Crippen LogP contribution < -0.4 is 5.32 Å². The molecule has 1 aliphatic carbocycles. The van der Waals surface area contributed by atoms with Crippen molar-refractivity contribution >= 4 is 0 Å². The molecule has 0 saturated carbocycles. The van der Waals surface area contributed by atoms with Gasteiger partial charge in [-0.1, -0.05) is 39.0 Å². The maximum absolute atomic E-state index is 3.52. The van der Waals surface area contributed by atoms with E-state index in [0.29, 0.717) is 11.5 Å². The first-order chi connectivity index (χ1) is 8.58. The van der Waals surface area contributed by atoms with Crippen LogP contribution >= 0.6 is 0 Å². The molecule has 1 unspecified atom stereocenters. The summed E-state index contributed by atoms with van der Waals surface area (Å²) in [5.41, 5.74) is 4.93. The Bertz CT molecular complexity index is 406. The summed E-state index contributed by atoms with van der Waals surface area (Å²) in [7, 11) is 2.08. The number of nitrogens with one attached hydrogen (secondary N) is 1. The van der Waals surface area contributed by atoms with Crippen molar-refractivity contribution in [3.8, 4) is 0 Å². The number of hydrogen-bond donors (Lipinski definition) is 1. The fourth-order valence-electron chi connectivity index (χ4n) is 3.15. The molecule has 0 fully saturated rings. The SMILES string of the molecule is CCC(C)(C)C(NC)c1ccc2c(c1)CCCC2. The lowest BCUT2D eigenvalue weighted by Crippen LogP contribution is -2.31. The zero-order valence-corrected chi connectivity index (χ0v) is 12.3. The second kappa shape index (κ2) is 5.44. The summed E-state index contributed by atoms with van der Waals surface area (Å²) < 4.78 is 0. The Morgan fingerprint density at radius 3 is 2.44 bits per heavy atom. The van der Waals surface area contributed by atoms with E-state index in [1.165, 1.54) is 37.7 Å². The fourth-order valence-corrected chi connectivity index (χ4v) is 3.15. The average molecular weight is 245 g/mol. The van der Waals surface area contributed by atoms with Crippen LogP contribution in [-0.4, -0.2) is 7.05 Å². The molecule has 0 radical (unpaired) electrons. The highest BCUT2D eigenvalue weighted by Crippen LogP contribution is 2.37. The third kappa shape index (κ3) is 2.61. The van der Waals surface area contributed by atoms with Gasteiger partial charge in [0, 0.05) is 6.04 Å². The molecular formula is C17H27N. The normalized spacial score (nSPS) is 17.3. The number of benzene rings is 1. The predicted molar refractivity (Wildman–Crippen MR) is 79.0 cm³/mol. The van der Waals surface area contributed by atoms with Crippen LogP contribution in [0, 0.1) is 5.41 Å². The van der Waals surface area contributed by atoms with Crippen LogP contribution in [0.15, 0.2) is 18.2 Å². The number of fused-ring (bicyclic) bond motifs is 1. The molecule has 1 aromatic rings. The fraction of sp³-hybridized carbons (Fsp3) is 0.647. The molecule has 1 aliphatic rings. The Kier molecular flexibility index (Phi) is 4.11. The molecule has 1 atom stereocenters. The molecule has 1 heteroatoms. The highest BCUT2D eigenvalue weighted by Gasteiger charge is 2.28. The van der Waals surface area contributed by atoms with Gasteiger partial charge in [0.25, 0.3) is 0 Å². The first kappa shape index (κ1) is 13.6. The van der Waals surface area contributed by atoms with E-state index in [1.807, 2.05) is 0 Å². The molecule has 2 rings (SSSR count). The van der Waals surface area contributed by atoms with Gasteiger partial charge in [0.15, 0.2) is 0 Å². The van der Waals surface area contributed by atoms with Crippen molar-refractivity contribution < 1.29 is 0 Å². The Labute approximate surface area is 112 Å². The van der Waals surface area contributed by atoms with Gasteiger partial charge >= 0.3 is 0 Å². The first-order valence-electron chi connectivity index (χ1n) is 7.37. The topological polar surface area (TPSA) is 12.0 Å². The summed E-state index contributed by atoms with van der Waals surface area (Å²) in [6, 6.07) is 7.60. The Morgan fingerprint density at radius 2 is 1.83 bits per heavy atom. The molecular weight excluding hydrogens is 218 g/mol. The molecule has 1 nitrogen and oxygen atoms in total. The smallest absolute Gasteiger partial charge is 0.0369 e. The molecule has 0 heterocycles. The van der Waals surface area contributed by atoms with E-state index in [-0.39, 0.29) is 0 Å². The number of rotatable bonds is 4.